The van der Waals surface area contributed by atoms with Gasteiger partial charge in [-0.15, -0.1) is 17.9 Å². The smallest absolute Gasteiger partial charge is 0.246 e. The maximum Gasteiger partial charge on any atom is 0.246 e. The summed E-state index contributed by atoms with van der Waals surface area (Å²) >= 11 is 7.21. The molecule has 0 aromatic carbocycles. The molecule has 0 fully saturated rings. The van der Waals surface area contributed by atoms with Crippen LogP contribution in [-0.4, -0.2) is 29.5 Å². The molecule has 0 radical (unpaired) electrons. The van der Waals surface area contributed by atoms with E-state index in [2.05, 4.69) is 16.8 Å². The monoisotopic (exact) mass is 317 g/mol. The van der Waals surface area contributed by atoms with Crippen LogP contribution in [0.15, 0.2) is 42.1 Å². The van der Waals surface area contributed by atoms with Crippen LogP contribution in [0.4, 0.5) is 0 Å². The molecule has 0 spiro atoms. The second kappa shape index (κ2) is 5.87. The Kier molecular flexibility index (Phi) is 4.41. The molecule has 8 heteroatoms. The van der Waals surface area contributed by atoms with Gasteiger partial charge >= 0.3 is 0 Å². The number of nitrogens with one attached hydrogen (secondary N) is 1. The summed E-state index contributed by atoms with van der Waals surface area (Å²) in [6.45, 7) is 4.08. The van der Waals surface area contributed by atoms with Gasteiger partial charge in [0.25, 0.3) is 0 Å². The van der Waals surface area contributed by atoms with Crippen LogP contribution in [0.1, 0.15) is 4.88 Å². The summed E-state index contributed by atoms with van der Waals surface area (Å²) in [6.07, 6.45) is 4.19. The molecule has 1 N–H and O–H groups in total. The Morgan fingerprint density at radius 1 is 1.53 bits per heavy atom. The third-order valence-electron chi connectivity index (χ3n) is 2.40. The highest BCUT2D eigenvalue weighted by molar-refractivity contribution is 7.89. The van der Waals surface area contributed by atoms with Gasteiger partial charge in [-0.05, 0) is 12.1 Å². The molecule has 0 atom stereocenters. The first kappa shape index (κ1) is 14.3. The average molecular weight is 318 g/mol. The van der Waals surface area contributed by atoms with Crippen LogP contribution < -0.4 is 0 Å². The average Bonchev–Trinajstić information content (AvgIpc) is 3.00. The highest BCUT2D eigenvalue weighted by Gasteiger charge is 2.25. The van der Waals surface area contributed by atoms with Gasteiger partial charge in [-0.3, -0.25) is 5.10 Å². The van der Waals surface area contributed by atoms with Crippen LogP contribution in [0, 0.1) is 0 Å². The van der Waals surface area contributed by atoms with Gasteiger partial charge in [0.2, 0.25) is 10.0 Å². The van der Waals surface area contributed by atoms with Crippen molar-refractivity contribution in [3.63, 3.8) is 0 Å². The van der Waals surface area contributed by atoms with Crippen LogP contribution in [-0.2, 0) is 16.6 Å². The summed E-state index contributed by atoms with van der Waals surface area (Å²) in [5.41, 5.74) is 0. The lowest BCUT2D eigenvalue weighted by Crippen LogP contribution is -2.30. The lowest BCUT2D eigenvalue weighted by Gasteiger charge is -2.18. The van der Waals surface area contributed by atoms with Crippen molar-refractivity contribution in [2.45, 2.75) is 11.4 Å². The van der Waals surface area contributed by atoms with E-state index in [1.54, 1.807) is 12.1 Å². The van der Waals surface area contributed by atoms with Crippen molar-refractivity contribution in [2.75, 3.05) is 6.54 Å². The van der Waals surface area contributed by atoms with Crippen molar-refractivity contribution in [3.05, 3.63) is 46.4 Å². The molecule has 0 bridgehead atoms. The van der Waals surface area contributed by atoms with Crippen LogP contribution in [0.3, 0.4) is 0 Å². The number of aromatic nitrogens is 2. The van der Waals surface area contributed by atoms with Gasteiger partial charge < -0.3 is 0 Å². The van der Waals surface area contributed by atoms with E-state index in [-0.39, 0.29) is 18.0 Å². The molecule has 19 heavy (non-hydrogen) atoms. The van der Waals surface area contributed by atoms with Crippen molar-refractivity contribution >= 4 is 33.0 Å². The van der Waals surface area contributed by atoms with Crippen molar-refractivity contribution in [3.8, 4) is 0 Å². The number of halogens is 1. The van der Waals surface area contributed by atoms with Gasteiger partial charge in [0.05, 0.1) is 10.5 Å². The number of aromatic amines is 1. The van der Waals surface area contributed by atoms with Crippen LogP contribution >= 0.6 is 22.9 Å². The molecule has 0 saturated carbocycles. The summed E-state index contributed by atoms with van der Waals surface area (Å²) in [5.74, 6) is 0. The molecule has 0 amide bonds. The largest absolute Gasteiger partial charge is 0.284 e. The van der Waals surface area contributed by atoms with Gasteiger partial charge in [-0.2, -0.15) is 9.40 Å². The van der Waals surface area contributed by atoms with Crippen molar-refractivity contribution < 1.29 is 8.42 Å². The number of hydrogen-bond acceptors (Lipinski definition) is 4. The molecule has 2 aromatic heterocycles. The van der Waals surface area contributed by atoms with Crippen LogP contribution in [0.25, 0.3) is 0 Å². The first-order chi connectivity index (χ1) is 9.04. The molecule has 0 aliphatic rings. The lowest BCUT2D eigenvalue weighted by molar-refractivity contribution is 0.441. The minimum atomic E-state index is -3.58. The van der Waals surface area contributed by atoms with Crippen LogP contribution in [0.5, 0.6) is 0 Å². The molecule has 0 aliphatic heterocycles. The number of H-pyrrole nitrogens is 1. The zero-order valence-corrected chi connectivity index (χ0v) is 12.3. The molecule has 102 valence electrons. The van der Waals surface area contributed by atoms with Gasteiger partial charge in [-0.1, -0.05) is 17.7 Å². The van der Waals surface area contributed by atoms with Gasteiger partial charge in [0.15, 0.2) is 0 Å². The zero-order valence-electron chi connectivity index (χ0n) is 9.91. The van der Waals surface area contributed by atoms with E-state index in [1.807, 2.05) is 6.07 Å². The van der Waals surface area contributed by atoms with Gasteiger partial charge in [-0.25, -0.2) is 8.42 Å². The van der Waals surface area contributed by atoms with E-state index < -0.39 is 10.0 Å². The van der Waals surface area contributed by atoms with E-state index in [0.717, 1.165) is 4.88 Å². The first-order valence-corrected chi connectivity index (χ1v) is 8.01. The molecule has 5 nitrogen and oxygen atoms in total. The Morgan fingerprint density at radius 2 is 2.32 bits per heavy atom. The fraction of sp³-hybridized carbons (Fsp3) is 0.182. The molecule has 0 aliphatic carbocycles. The van der Waals surface area contributed by atoms with Crippen molar-refractivity contribution in [2.24, 2.45) is 0 Å². The Morgan fingerprint density at radius 3 is 2.84 bits per heavy atom. The second-order valence-corrected chi connectivity index (χ2v) is 7.46. The number of hydrogen-bond donors (Lipinski definition) is 1. The van der Waals surface area contributed by atoms with E-state index >= 15 is 0 Å². The number of thiophene rings is 1. The molecule has 2 heterocycles. The summed E-state index contributed by atoms with van der Waals surface area (Å²) in [7, 11) is -3.58. The topological polar surface area (TPSA) is 66.1 Å². The third-order valence-corrected chi connectivity index (χ3v) is 5.40. The normalized spacial score (nSPS) is 11.9. The predicted octanol–water partition coefficient (Wildman–Crippen LogP) is 2.50. The SMILES string of the molecule is C=CCN(Cc1ccc(Cl)s1)S(=O)(=O)c1cn[nH]c1. The minimum Gasteiger partial charge on any atom is -0.284 e. The van der Waals surface area contributed by atoms with E-state index in [1.165, 1.54) is 28.0 Å². The van der Waals surface area contributed by atoms with Crippen molar-refractivity contribution in [1.82, 2.24) is 14.5 Å². The quantitative estimate of drug-likeness (QED) is 0.832. The fourth-order valence-corrected chi connectivity index (χ4v) is 4.01. The maximum absolute atomic E-state index is 12.4. The maximum atomic E-state index is 12.4. The van der Waals surface area contributed by atoms with E-state index in [9.17, 15) is 8.42 Å². The Hall–Kier alpha value is -1.15. The highest BCUT2D eigenvalue weighted by atomic mass is 35.5. The van der Waals surface area contributed by atoms with Gasteiger partial charge in [0.1, 0.15) is 4.90 Å². The Labute approximate surface area is 120 Å². The summed E-state index contributed by atoms with van der Waals surface area (Å²) in [5, 5.41) is 6.17. The second-order valence-electron chi connectivity index (χ2n) is 3.73. The first-order valence-electron chi connectivity index (χ1n) is 5.38. The third kappa shape index (κ3) is 3.24. The van der Waals surface area contributed by atoms with E-state index in [4.69, 9.17) is 11.6 Å². The Balaban J connectivity index is 2.27. The highest BCUT2D eigenvalue weighted by Crippen LogP contribution is 2.25. The number of sulfonamides is 1. The molecular formula is C11H12ClN3O2S2. The molecule has 0 saturated heterocycles. The zero-order chi connectivity index (χ0) is 13.9. The fourth-order valence-electron chi connectivity index (χ4n) is 1.53. The minimum absolute atomic E-state index is 0.136. The predicted molar refractivity (Wildman–Crippen MR) is 75.7 cm³/mol. The summed E-state index contributed by atoms with van der Waals surface area (Å²) < 4.78 is 26.7. The molecule has 0 unspecified atom stereocenters. The summed E-state index contributed by atoms with van der Waals surface area (Å²) in [6, 6.07) is 3.56. The lowest BCUT2D eigenvalue weighted by atomic mass is 10.4. The number of nitrogens with zero attached hydrogens (tertiary/aromatic N) is 2. The van der Waals surface area contributed by atoms with E-state index in [0.29, 0.717) is 4.34 Å². The molecule has 2 aromatic rings. The van der Waals surface area contributed by atoms with Crippen LogP contribution in [0.2, 0.25) is 4.34 Å². The van der Waals surface area contributed by atoms with Crippen molar-refractivity contribution in [1.29, 1.82) is 0 Å². The summed E-state index contributed by atoms with van der Waals surface area (Å²) in [4.78, 5) is 1.01. The van der Waals surface area contributed by atoms with Gasteiger partial charge in [0, 0.05) is 24.2 Å². The standard InChI is InChI=1S/C11H12ClN3O2S2/c1-2-5-15(8-9-3-4-11(12)18-9)19(16,17)10-6-13-14-7-10/h2-4,6-7H,1,5,8H2,(H,13,14). The molecule has 2 rings (SSSR count). The molecular weight excluding hydrogens is 306 g/mol. The number of rotatable bonds is 6. The Bertz CT molecular complexity index is 649.